The number of rotatable bonds is 5. The number of methoxy groups -OCH3 is 1. The number of amides is 1. The monoisotopic (exact) mass is 325 g/mol. The maximum atomic E-state index is 12.7. The minimum atomic E-state index is 0.184. The lowest BCUT2D eigenvalue weighted by Crippen LogP contribution is -3.09. The van der Waals surface area contributed by atoms with Gasteiger partial charge in [-0.05, 0) is 37.1 Å². The Balaban J connectivity index is 1.66. The van der Waals surface area contributed by atoms with Crippen LogP contribution in [-0.4, -0.2) is 33.2 Å². The molecule has 0 radical (unpaired) electrons. The van der Waals surface area contributed by atoms with Crippen molar-refractivity contribution >= 4 is 11.6 Å². The van der Waals surface area contributed by atoms with Crippen molar-refractivity contribution < 1.29 is 14.4 Å². The van der Waals surface area contributed by atoms with E-state index in [0.29, 0.717) is 6.54 Å². The summed E-state index contributed by atoms with van der Waals surface area (Å²) in [5.41, 5.74) is 4.69. The maximum Gasteiger partial charge on any atom is 0.282 e. The number of fused-ring (bicyclic) bond motifs is 1. The molecule has 4 nitrogen and oxygen atoms in total. The lowest BCUT2D eigenvalue weighted by molar-refractivity contribution is -0.885. The zero-order chi connectivity index (χ0) is 17.1. The molecule has 1 atom stereocenters. The molecule has 1 amide bonds. The van der Waals surface area contributed by atoms with Gasteiger partial charge in [-0.1, -0.05) is 29.8 Å². The number of ether oxygens (including phenoxy) is 1. The van der Waals surface area contributed by atoms with Crippen molar-refractivity contribution in [2.24, 2.45) is 0 Å². The number of carbonyl (C=O) groups is 1. The van der Waals surface area contributed by atoms with Crippen LogP contribution in [0.25, 0.3) is 0 Å². The second kappa shape index (κ2) is 7.05. The van der Waals surface area contributed by atoms with Gasteiger partial charge in [-0.15, -0.1) is 0 Å². The normalized spacial score (nSPS) is 14.4. The first-order valence-electron chi connectivity index (χ1n) is 8.41. The van der Waals surface area contributed by atoms with E-state index < -0.39 is 0 Å². The van der Waals surface area contributed by atoms with Crippen molar-refractivity contribution in [1.29, 1.82) is 0 Å². The summed E-state index contributed by atoms with van der Waals surface area (Å²) in [7, 11) is 3.75. The van der Waals surface area contributed by atoms with E-state index in [1.54, 1.807) is 7.11 Å². The van der Waals surface area contributed by atoms with Crippen molar-refractivity contribution in [2.45, 2.75) is 19.9 Å². The van der Waals surface area contributed by atoms with E-state index in [1.165, 1.54) is 11.1 Å². The van der Waals surface area contributed by atoms with E-state index in [9.17, 15) is 4.79 Å². The molecular formula is C20H25N2O2+. The van der Waals surface area contributed by atoms with Crippen molar-refractivity contribution in [3.63, 3.8) is 0 Å². The summed E-state index contributed by atoms with van der Waals surface area (Å²) in [5.74, 6) is 1.07. The molecule has 4 heteroatoms. The highest BCUT2D eigenvalue weighted by Crippen LogP contribution is 2.27. The Morgan fingerprint density at radius 2 is 2.04 bits per heavy atom. The number of aryl methyl sites for hydroxylation is 1. The van der Waals surface area contributed by atoms with Gasteiger partial charge in [0.2, 0.25) is 0 Å². The summed E-state index contributed by atoms with van der Waals surface area (Å²) in [6, 6.07) is 14.4. The minimum Gasteiger partial charge on any atom is -0.496 e. The number of nitrogens with one attached hydrogen (secondary N) is 1. The molecule has 0 aliphatic carbocycles. The first kappa shape index (κ1) is 16.5. The predicted octanol–water partition coefficient (Wildman–Crippen LogP) is 1.61. The van der Waals surface area contributed by atoms with Crippen LogP contribution in [0.1, 0.15) is 16.7 Å². The summed E-state index contributed by atoms with van der Waals surface area (Å²) >= 11 is 0. The first-order chi connectivity index (χ1) is 11.6. The van der Waals surface area contributed by atoms with Crippen LogP contribution in [0.2, 0.25) is 0 Å². The van der Waals surface area contributed by atoms with Gasteiger partial charge in [0.25, 0.3) is 5.91 Å². The van der Waals surface area contributed by atoms with Gasteiger partial charge < -0.3 is 14.5 Å². The SMILES string of the molecule is COc1ccc(C)cc1C[NH+](C)CC(=O)N1CCc2ccccc21. The van der Waals surface area contributed by atoms with E-state index in [0.717, 1.165) is 41.4 Å². The molecule has 126 valence electrons. The van der Waals surface area contributed by atoms with E-state index in [4.69, 9.17) is 4.74 Å². The van der Waals surface area contributed by atoms with Crippen LogP contribution in [-0.2, 0) is 17.8 Å². The quantitative estimate of drug-likeness (QED) is 0.906. The summed E-state index contributed by atoms with van der Waals surface area (Å²) in [6.45, 7) is 4.11. The fraction of sp³-hybridized carbons (Fsp3) is 0.350. The third kappa shape index (κ3) is 3.44. The lowest BCUT2D eigenvalue weighted by Gasteiger charge is -2.21. The van der Waals surface area contributed by atoms with Gasteiger partial charge in [-0.25, -0.2) is 0 Å². The number of quaternary nitrogens is 1. The topological polar surface area (TPSA) is 34.0 Å². The Kier molecular flexibility index (Phi) is 4.86. The Hall–Kier alpha value is -2.33. The number of hydrogen-bond donors (Lipinski definition) is 1. The minimum absolute atomic E-state index is 0.184. The van der Waals surface area contributed by atoms with Gasteiger partial charge in [0.05, 0.1) is 14.2 Å². The van der Waals surface area contributed by atoms with E-state index in [-0.39, 0.29) is 5.91 Å². The van der Waals surface area contributed by atoms with Gasteiger partial charge in [-0.2, -0.15) is 0 Å². The molecule has 0 fully saturated rings. The highest BCUT2D eigenvalue weighted by atomic mass is 16.5. The van der Waals surface area contributed by atoms with Crippen LogP contribution in [0.3, 0.4) is 0 Å². The van der Waals surface area contributed by atoms with Gasteiger partial charge in [0.1, 0.15) is 12.3 Å². The molecule has 1 aliphatic heterocycles. The highest BCUT2D eigenvalue weighted by Gasteiger charge is 2.26. The third-order valence-corrected chi connectivity index (χ3v) is 4.57. The van der Waals surface area contributed by atoms with E-state index >= 15 is 0 Å². The number of benzene rings is 2. The molecule has 24 heavy (non-hydrogen) atoms. The average Bonchev–Trinajstić information content (AvgIpc) is 2.99. The second-order valence-electron chi connectivity index (χ2n) is 6.55. The number of likely N-dealkylation sites (N-methyl/N-ethyl adjacent to an activating group) is 1. The molecule has 0 bridgehead atoms. The fourth-order valence-corrected chi connectivity index (χ4v) is 3.38. The molecule has 0 spiro atoms. The molecule has 0 saturated carbocycles. The molecule has 2 aromatic rings. The van der Waals surface area contributed by atoms with Gasteiger partial charge >= 0.3 is 0 Å². The maximum absolute atomic E-state index is 12.7. The average molecular weight is 325 g/mol. The Morgan fingerprint density at radius 3 is 2.83 bits per heavy atom. The largest absolute Gasteiger partial charge is 0.496 e. The highest BCUT2D eigenvalue weighted by molar-refractivity contribution is 5.96. The Bertz CT molecular complexity index is 742. The zero-order valence-electron chi connectivity index (χ0n) is 14.6. The van der Waals surface area contributed by atoms with Crippen LogP contribution in [0.5, 0.6) is 5.75 Å². The molecule has 1 unspecified atom stereocenters. The number of nitrogens with zero attached hydrogens (tertiary/aromatic N) is 1. The standard InChI is InChI=1S/C20H24N2O2/c1-15-8-9-19(24-3)17(12-15)13-21(2)14-20(23)22-11-10-16-6-4-5-7-18(16)22/h4-9,12H,10-11,13-14H2,1-3H3/p+1. The molecule has 2 aromatic carbocycles. The van der Waals surface area contributed by atoms with Crippen molar-refractivity contribution in [1.82, 2.24) is 0 Å². The van der Waals surface area contributed by atoms with Crippen molar-refractivity contribution in [2.75, 3.05) is 32.1 Å². The van der Waals surface area contributed by atoms with Gasteiger partial charge in [0.15, 0.2) is 6.54 Å². The summed E-state index contributed by atoms with van der Waals surface area (Å²) in [5, 5.41) is 0. The predicted molar refractivity (Wildman–Crippen MR) is 95.7 cm³/mol. The second-order valence-corrected chi connectivity index (χ2v) is 6.55. The van der Waals surface area contributed by atoms with Crippen molar-refractivity contribution in [3.8, 4) is 5.75 Å². The molecule has 1 aliphatic rings. The number of carbonyl (C=O) groups excluding carboxylic acids is 1. The first-order valence-corrected chi connectivity index (χ1v) is 8.41. The van der Waals surface area contributed by atoms with Crippen LogP contribution in [0, 0.1) is 6.92 Å². The molecule has 0 aromatic heterocycles. The number of para-hydroxylation sites is 1. The van der Waals surface area contributed by atoms with Crippen LogP contribution in [0.4, 0.5) is 5.69 Å². The van der Waals surface area contributed by atoms with Gasteiger partial charge in [-0.3, -0.25) is 4.79 Å². The van der Waals surface area contributed by atoms with Crippen LogP contribution < -0.4 is 14.5 Å². The third-order valence-electron chi connectivity index (χ3n) is 4.57. The lowest BCUT2D eigenvalue weighted by atomic mass is 10.1. The molecule has 1 N–H and O–H groups in total. The smallest absolute Gasteiger partial charge is 0.282 e. The van der Waals surface area contributed by atoms with E-state index in [2.05, 4.69) is 26.1 Å². The van der Waals surface area contributed by atoms with Crippen LogP contribution in [0.15, 0.2) is 42.5 Å². The number of hydrogen-bond acceptors (Lipinski definition) is 2. The van der Waals surface area contributed by atoms with Crippen molar-refractivity contribution in [3.05, 3.63) is 59.2 Å². The molecule has 1 heterocycles. The summed E-state index contributed by atoms with van der Waals surface area (Å²) in [6.07, 6.45) is 0.951. The summed E-state index contributed by atoms with van der Waals surface area (Å²) < 4.78 is 5.44. The Morgan fingerprint density at radius 1 is 1.25 bits per heavy atom. The molecular weight excluding hydrogens is 300 g/mol. The number of anilines is 1. The summed E-state index contributed by atoms with van der Waals surface area (Å²) in [4.78, 5) is 15.8. The molecule has 3 rings (SSSR count). The Labute approximate surface area is 143 Å². The van der Waals surface area contributed by atoms with Crippen LogP contribution >= 0.6 is 0 Å². The van der Waals surface area contributed by atoms with Gasteiger partial charge in [0, 0.05) is 17.8 Å². The zero-order valence-corrected chi connectivity index (χ0v) is 14.6. The fourth-order valence-electron chi connectivity index (χ4n) is 3.38. The molecule has 0 saturated heterocycles. The van der Waals surface area contributed by atoms with E-state index in [1.807, 2.05) is 35.2 Å².